The first-order valence-electron chi connectivity index (χ1n) is 6.07. The van der Waals surface area contributed by atoms with E-state index in [2.05, 4.69) is 3.97 Å². The number of halogens is 2. The van der Waals surface area contributed by atoms with E-state index in [0.29, 0.717) is 10.0 Å². The number of phosphoric acid groups is 1. The van der Waals surface area contributed by atoms with E-state index < -0.39 is 17.9 Å². The van der Waals surface area contributed by atoms with E-state index in [-0.39, 0.29) is 11.5 Å². The van der Waals surface area contributed by atoms with E-state index in [1.807, 2.05) is 0 Å². The Labute approximate surface area is 143 Å². The molecule has 0 atom stereocenters. The van der Waals surface area contributed by atoms with Gasteiger partial charge in [0, 0.05) is 10.0 Å². The van der Waals surface area contributed by atoms with Gasteiger partial charge in [0.15, 0.2) is 0 Å². The molecule has 23 heavy (non-hydrogen) atoms. The van der Waals surface area contributed by atoms with Crippen LogP contribution < -0.4 is 9.05 Å². The van der Waals surface area contributed by atoms with Crippen LogP contribution in [0.1, 0.15) is 0 Å². The van der Waals surface area contributed by atoms with E-state index in [0.717, 1.165) is 6.26 Å². The lowest BCUT2D eigenvalue weighted by Crippen LogP contribution is -2.09. The maximum Gasteiger partial charge on any atom is 0.602 e. The zero-order valence-corrected chi connectivity index (χ0v) is 14.9. The minimum atomic E-state index is -4.49. The Morgan fingerprint density at radius 1 is 0.826 bits per heavy atom. The number of phosphoric ester groups is 1. The van der Waals surface area contributed by atoms with Crippen LogP contribution in [0.2, 0.25) is 10.0 Å². The van der Waals surface area contributed by atoms with Crippen LogP contribution in [0.5, 0.6) is 11.5 Å². The molecule has 0 heterocycles. The highest BCUT2D eigenvalue weighted by atomic mass is 35.5. The zero-order chi connectivity index (χ0) is 17.1. The highest BCUT2D eigenvalue weighted by molar-refractivity contribution is 7.90. The fourth-order valence-corrected chi connectivity index (χ4v) is 4.08. The van der Waals surface area contributed by atoms with Gasteiger partial charge in [0.05, 0.1) is 6.26 Å². The molecule has 0 N–H and O–H groups in total. The summed E-state index contributed by atoms with van der Waals surface area (Å²) in [6.07, 6.45) is 0.732. The molecule has 0 unspecified atom stereocenters. The van der Waals surface area contributed by atoms with E-state index in [9.17, 15) is 13.0 Å². The smallest absolute Gasteiger partial charge is 0.394 e. The summed E-state index contributed by atoms with van der Waals surface area (Å²) in [7, 11) is -8.59. The molecule has 0 radical (unpaired) electrons. The monoisotopic (exact) mass is 396 g/mol. The maximum atomic E-state index is 12.6. The van der Waals surface area contributed by atoms with Crippen LogP contribution in [0.3, 0.4) is 0 Å². The van der Waals surface area contributed by atoms with Crippen molar-refractivity contribution in [2.45, 2.75) is 0 Å². The summed E-state index contributed by atoms with van der Waals surface area (Å²) in [6.45, 7) is 0. The van der Waals surface area contributed by atoms with Gasteiger partial charge in [0.2, 0.25) is 0 Å². The van der Waals surface area contributed by atoms with Gasteiger partial charge in [-0.1, -0.05) is 23.2 Å². The minimum Gasteiger partial charge on any atom is -0.394 e. The van der Waals surface area contributed by atoms with Crippen molar-refractivity contribution in [2.75, 3.05) is 6.26 Å². The van der Waals surface area contributed by atoms with Crippen LogP contribution in [-0.4, -0.2) is 14.7 Å². The van der Waals surface area contributed by atoms with Gasteiger partial charge in [0.1, 0.15) is 11.5 Å². The first-order chi connectivity index (χ1) is 10.7. The molecular formula is C13H11Cl2O6PS. The molecule has 0 aliphatic rings. The Kier molecular flexibility index (Phi) is 5.60. The molecule has 0 aromatic heterocycles. The molecule has 0 aliphatic heterocycles. The molecule has 2 aromatic carbocycles. The highest BCUT2D eigenvalue weighted by Gasteiger charge is 2.36. The molecule has 0 fully saturated rings. The van der Waals surface area contributed by atoms with Crippen LogP contribution in [-0.2, 0) is 18.7 Å². The number of rotatable bonds is 6. The van der Waals surface area contributed by atoms with Gasteiger partial charge in [-0.2, -0.15) is 8.42 Å². The quantitative estimate of drug-likeness (QED) is 0.667. The van der Waals surface area contributed by atoms with Gasteiger partial charge < -0.3 is 9.05 Å². The molecule has 124 valence electrons. The minimum absolute atomic E-state index is 0.0651. The predicted molar refractivity (Wildman–Crippen MR) is 87.7 cm³/mol. The summed E-state index contributed by atoms with van der Waals surface area (Å²) in [6, 6.07) is 11.5. The van der Waals surface area contributed by atoms with Crippen molar-refractivity contribution in [3.63, 3.8) is 0 Å². The van der Waals surface area contributed by atoms with Crippen molar-refractivity contribution < 1.29 is 26.0 Å². The lowest BCUT2D eigenvalue weighted by molar-refractivity contribution is 0.301. The standard InChI is InChI=1S/C13H11Cl2O6PS/c1-23(17,18)21-22(16,19-12-6-2-10(14)3-7-12)20-13-8-4-11(15)5-9-13/h2-9H,1H3. The van der Waals surface area contributed by atoms with Gasteiger partial charge in [-0.3, -0.25) is 0 Å². The molecule has 6 nitrogen and oxygen atoms in total. The maximum absolute atomic E-state index is 12.6. The second-order valence-electron chi connectivity index (χ2n) is 4.32. The first kappa shape index (κ1) is 18.1. The second-order valence-corrected chi connectivity index (χ2v) is 8.45. The lowest BCUT2D eigenvalue weighted by atomic mass is 10.3. The third kappa shape index (κ3) is 6.05. The van der Waals surface area contributed by atoms with Gasteiger partial charge in [0.25, 0.3) is 10.1 Å². The Bertz CT molecular complexity index is 769. The predicted octanol–water partition coefficient (Wildman–Crippen LogP) is 4.54. The number of hydrogen-bond acceptors (Lipinski definition) is 6. The van der Waals surface area contributed by atoms with E-state index in [1.165, 1.54) is 48.5 Å². The van der Waals surface area contributed by atoms with Crippen LogP contribution >= 0.6 is 31.0 Å². The SMILES string of the molecule is CS(=O)(=O)OP(=O)(Oc1ccc(Cl)cc1)Oc1ccc(Cl)cc1. The Hall–Kier alpha value is -1.24. The normalized spacial score (nSPS) is 12.0. The summed E-state index contributed by atoms with van der Waals surface area (Å²) in [5, 5.41) is 0.852. The van der Waals surface area contributed by atoms with Crippen LogP contribution in [0.15, 0.2) is 48.5 Å². The number of benzene rings is 2. The van der Waals surface area contributed by atoms with Gasteiger partial charge in [-0.25, -0.2) is 4.57 Å². The fourth-order valence-electron chi connectivity index (χ4n) is 1.46. The molecule has 0 amide bonds. The topological polar surface area (TPSA) is 78.9 Å². The Morgan fingerprint density at radius 3 is 1.48 bits per heavy atom. The molecule has 0 saturated carbocycles. The molecule has 10 heteroatoms. The van der Waals surface area contributed by atoms with Crippen molar-refractivity contribution in [1.82, 2.24) is 0 Å². The molecule has 0 bridgehead atoms. The van der Waals surface area contributed by atoms with Crippen molar-refractivity contribution >= 4 is 41.1 Å². The summed E-state index contributed by atoms with van der Waals surface area (Å²) in [4.78, 5) is 0. The molecule has 0 aliphatic carbocycles. The van der Waals surface area contributed by atoms with Gasteiger partial charge >= 0.3 is 7.82 Å². The Balaban J connectivity index is 2.29. The summed E-state index contributed by atoms with van der Waals surface area (Å²) < 4.78 is 50.0. The average molecular weight is 397 g/mol. The largest absolute Gasteiger partial charge is 0.602 e. The Morgan fingerprint density at radius 2 is 1.17 bits per heavy atom. The van der Waals surface area contributed by atoms with Crippen molar-refractivity contribution in [3.8, 4) is 11.5 Å². The summed E-state index contributed by atoms with van der Waals surface area (Å²) in [5.41, 5.74) is 0. The molecule has 0 saturated heterocycles. The highest BCUT2D eigenvalue weighted by Crippen LogP contribution is 2.51. The lowest BCUT2D eigenvalue weighted by Gasteiger charge is -2.17. The van der Waals surface area contributed by atoms with Crippen LogP contribution in [0.4, 0.5) is 0 Å². The van der Waals surface area contributed by atoms with Gasteiger partial charge in [-0.05, 0) is 48.5 Å². The third-order valence-corrected chi connectivity index (χ3v) is 5.47. The van der Waals surface area contributed by atoms with E-state index in [1.54, 1.807) is 0 Å². The summed E-state index contributed by atoms with van der Waals surface area (Å²) >= 11 is 11.5. The van der Waals surface area contributed by atoms with Crippen molar-refractivity contribution in [1.29, 1.82) is 0 Å². The second kappa shape index (κ2) is 7.11. The zero-order valence-electron chi connectivity index (χ0n) is 11.7. The molecule has 0 spiro atoms. The molecule has 2 rings (SSSR count). The van der Waals surface area contributed by atoms with Crippen molar-refractivity contribution in [3.05, 3.63) is 58.6 Å². The molecular weight excluding hydrogens is 386 g/mol. The van der Waals surface area contributed by atoms with Gasteiger partial charge in [-0.15, -0.1) is 3.97 Å². The molecule has 2 aromatic rings. The van der Waals surface area contributed by atoms with Crippen LogP contribution in [0, 0.1) is 0 Å². The first-order valence-corrected chi connectivity index (χ1v) is 10.1. The number of hydrogen-bond donors (Lipinski definition) is 0. The third-order valence-electron chi connectivity index (χ3n) is 2.29. The van der Waals surface area contributed by atoms with Crippen molar-refractivity contribution in [2.24, 2.45) is 0 Å². The fraction of sp³-hybridized carbons (Fsp3) is 0.0769. The van der Waals surface area contributed by atoms with Crippen LogP contribution in [0.25, 0.3) is 0 Å². The van der Waals surface area contributed by atoms with E-state index >= 15 is 0 Å². The van der Waals surface area contributed by atoms with E-state index in [4.69, 9.17) is 32.2 Å². The summed E-state index contributed by atoms with van der Waals surface area (Å²) in [5.74, 6) is 0.130. The average Bonchev–Trinajstić information content (AvgIpc) is 2.42.